The van der Waals surface area contributed by atoms with Crippen molar-refractivity contribution in [3.8, 4) is 0 Å². The van der Waals surface area contributed by atoms with Crippen LogP contribution >= 0.6 is 0 Å². The number of nitrogens with two attached hydrogens (primary N) is 1. The van der Waals surface area contributed by atoms with Gasteiger partial charge in [-0.25, -0.2) is 0 Å². The van der Waals surface area contributed by atoms with E-state index in [0.29, 0.717) is 16.7 Å². The third-order valence-electron chi connectivity index (χ3n) is 3.27. The predicted molar refractivity (Wildman–Crippen MR) is 79.2 cm³/mol. The monoisotopic (exact) mass is 263 g/mol. The van der Waals surface area contributed by atoms with Gasteiger partial charge in [0, 0.05) is 33.8 Å². The Balaban J connectivity index is 2.09. The molecule has 0 aliphatic rings. The van der Waals surface area contributed by atoms with Crippen LogP contribution in [0, 0.1) is 5.41 Å². The van der Waals surface area contributed by atoms with Crippen molar-refractivity contribution < 1.29 is 4.79 Å². The van der Waals surface area contributed by atoms with Crippen LogP contribution in [0.1, 0.15) is 21.5 Å². The number of amidine groups is 1. The number of fused-ring (bicyclic) bond motifs is 1. The van der Waals surface area contributed by atoms with Crippen molar-refractivity contribution in [2.24, 2.45) is 5.73 Å². The Morgan fingerprint density at radius 3 is 2.50 bits per heavy atom. The maximum absolute atomic E-state index is 12.5. The fourth-order valence-corrected chi connectivity index (χ4v) is 2.23. The van der Waals surface area contributed by atoms with Crippen molar-refractivity contribution in [2.75, 3.05) is 0 Å². The highest BCUT2D eigenvalue weighted by atomic mass is 16.1. The van der Waals surface area contributed by atoms with E-state index in [4.69, 9.17) is 11.1 Å². The van der Waals surface area contributed by atoms with E-state index in [1.165, 1.54) is 0 Å². The van der Waals surface area contributed by atoms with Crippen LogP contribution in [-0.4, -0.2) is 16.6 Å². The third-order valence-corrected chi connectivity index (χ3v) is 3.27. The average molecular weight is 263 g/mol. The minimum Gasteiger partial charge on any atom is -0.384 e. The second-order valence-corrected chi connectivity index (χ2v) is 4.57. The Morgan fingerprint density at radius 2 is 1.80 bits per heavy atom. The fraction of sp³-hybridized carbons (Fsp3) is 0. The van der Waals surface area contributed by atoms with E-state index in [-0.39, 0.29) is 11.6 Å². The minimum absolute atomic E-state index is 0.0115. The number of aromatic nitrogens is 1. The highest BCUT2D eigenvalue weighted by Gasteiger charge is 2.14. The van der Waals surface area contributed by atoms with Crippen LogP contribution in [0.3, 0.4) is 0 Å². The molecule has 0 fully saturated rings. The molecular formula is C16H13N3O. The van der Waals surface area contributed by atoms with Crippen molar-refractivity contribution in [3.05, 3.63) is 71.4 Å². The molecule has 0 unspecified atom stereocenters. The summed E-state index contributed by atoms with van der Waals surface area (Å²) in [6.07, 6.45) is 1.70. The van der Waals surface area contributed by atoms with E-state index in [9.17, 15) is 4.79 Å². The van der Waals surface area contributed by atoms with Gasteiger partial charge in [-0.15, -0.1) is 0 Å². The number of benzene rings is 2. The van der Waals surface area contributed by atoms with Crippen LogP contribution in [0.5, 0.6) is 0 Å². The van der Waals surface area contributed by atoms with Crippen LogP contribution in [0.15, 0.2) is 54.7 Å². The highest BCUT2D eigenvalue weighted by molar-refractivity contribution is 6.16. The first-order valence-corrected chi connectivity index (χ1v) is 6.22. The lowest BCUT2D eigenvalue weighted by Crippen LogP contribution is -2.10. The Bertz CT molecular complexity index is 803. The average Bonchev–Trinajstić information content (AvgIpc) is 2.90. The third kappa shape index (κ3) is 1.97. The van der Waals surface area contributed by atoms with Gasteiger partial charge in [0.05, 0.1) is 0 Å². The van der Waals surface area contributed by atoms with E-state index in [2.05, 4.69) is 4.98 Å². The molecule has 1 heterocycles. The molecule has 0 saturated heterocycles. The number of nitrogen functional groups attached to an aromatic ring is 1. The van der Waals surface area contributed by atoms with E-state index in [1.54, 1.807) is 30.5 Å². The number of nitrogens with one attached hydrogen (secondary N) is 2. The molecule has 0 amide bonds. The first-order valence-electron chi connectivity index (χ1n) is 6.22. The van der Waals surface area contributed by atoms with Crippen molar-refractivity contribution >= 4 is 22.5 Å². The number of aromatic amines is 1. The molecule has 3 aromatic rings. The number of rotatable bonds is 3. The molecule has 0 radical (unpaired) electrons. The maximum Gasteiger partial charge on any atom is 0.195 e. The smallest absolute Gasteiger partial charge is 0.195 e. The zero-order chi connectivity index (χ0) is 14.1. The van der Waals surface area contributed by atoms with Gasteiger partial charge in [0.2, 0.25) is 0 Å². The van der Waals surface area contributed by atoms with Crippen molar-refractivity contribution in [3.63, 3.8) is 0 Å². The van der Waals surface area contributed by atoms with Gasteiger partial charge in [-0.05, 0) is 6.07 Å². The van der Waals surface area contributed by atoms with Crippen LogP contribution in [0.25, 0.3) is 10.9 Å². The SMILES string of the molecule is N=C(N)c1ccc2c(C(=O)c3ccccc3)c[nH]c2c1. The van der Waals surface area contributed by atoms with Crippen LogP contribution in [0.2, 0.25) is 0 Å². The second-order valence-electron chi connectivity index (χ2n) is 4.57. The molecule has 2 aromatic carbocycles. The molecule has 1 aromatic heterocycles. The van der Waals surface area contributed by atoms with Gasteiger partial charge in [-0.2, -0.15) is 0 Å². The molecule has 0 bridgehead atoms. The molecule has 3 rings (SSSR count). The van der Waals surface area contributed by atoms with Gasteiger partial charge >= 0.3 is 0 Å². The molecule has 4 heteroatoms. The lowest BCUT2D eigenvalue weighted by molar-refractivity contribution is 0.104. The molecule has 0 saturated carbocycles. The predicted octanol–water partition coefficient (Wildman–Crippen LogP) is 2.68. The normalized spacial score (nSPS) is 10.6. The first-order chi connectivity index (χ1) is 9.66. The lowest BCUT2D eigenvalue weighted by Gasteiger charge is -2.01. The molecule has 4 N–H and O–H groups in total. The molecule has 0 spiro atoms. The summed E-state index contributed by atoms with van der Waals surface area (Å²) in [5.41, 5.74) is 8.19. The summed E-state index contributed by atoms with van der Waals surface area (Å²) in [6.45, 7) is 0. The van der Waals surface area contributed by atoms with Gasteiger partial charge < -0.3 is 10.7 Å². The Kier molecular flexibility index (Phi) is 2.84. The maximum atomic E-state index is 12.5. The topological polar surface area (TPSA) is 82.7 Å². The van der Waals surface area contributed by atoms with Gasteiger partial charge in [0.1, 0.15) is 5.84 Å². The summed E-state index contributed by atoms with van der Waals surface area (Å²) in [5.74, 6) is -0.00939. The van der Waals surface area contributed by atoms with Gasteiger partial charge in [-0.3, -0.25) is 10.2 Å². The van der Waals surface area contributed by atoms with E-state index in [1.807, 2.05) is 24.3 Å². The molecule has 0 aliphatic heterocycles. The largest absolute Gasteiger partial charge is 0.384 e. The van der Waals surface area contributed by atoms with Crippen molar-refractivity contribution in [1.29, 1.82) is 5.41 Å². The zero-order valence-corrected chi connectivity index (χ0v) is 10.7. The van der Waals surface area contributed by atoms with Crippen molar-refractivity contribution in [2.45, 2.75) is 0 Å². The van der Waals surface area contributed by atoms with Gasteiger partial charge in [-0.1, -0.05) is 42.5 Å². The van der Waals surface area contributed by atoms with Gasteiger partial charge in [0.25, 0.3) is 0 Å². The van der Waals surface area contributed by atoms with E-state index >= 15 is 0 Å². The Labute approximate surface area is 115 Å². The lowest BCUT2D eigenvalue weighted by atomic mass is 10.0. The fourth-order valence-electron chi connectivity index (χ4n) is 2.23. The molecule has 4 nitrogen and oxygen atoms in total. The second kappa shape index (κ2) is 4.66. The van der Waals surface area contributed by atoms with Crippen molar-refractivity contribution in [1.82, 2.24) is 4.98 Å². The first kappa shape index (κ1) is 12.2. The van der Waals surface area contributed by atoms with Gasteiger partial charge in [0.15, 0.2) is 5.78 Å². The summed E-state index contributed by atoms with van der Waals surface area (Å²) < 4.78 is 0. The van der Waals surface area contributed by atoms with Crippen LogP contribution in [-0.2, 0) is 0 Å². The molecular weight excluding hydrogens is 250 g/mol. The molecule has 0 atom stereocenters. The quantitative estimate of drug-likeness (QED) is 0.385. The summed E-state index contributed by atoms with van der Waals surface area (Å²) in [5, 5.41) is 8.27. The number of carbonyl (C=O) groups is 1. The molecule has 98 valence electrons. The number of hydrogen-bond acceptors (Lipinski definition) is 2. The molecule has 0 aliphatic carbocycles. The molecule has 20 heavy (non-hydrogen) atoms. The van der Waals surface area contributed by atoms with E-state index in [0.717, 1.165) is 10.9 Å². The number of carbonyl (C=O) groups excluding carboxylic acids is 1. The summed E-state index contributed by atoms with van der Waals surface area (Å²) in [4.78, 5) is 15.5. The Hall–Kier alpha value is -2.88. The Morgan fingerprint density at radius 1 is 1.05 bits per heavy atom. The number of H-pyrrole nitrogens is 1. The minimum atomic E-state index is -0.0209. The zero-order valence-electron chi connectivity index (χ0n) is 10.7. The van der Waals surface area contributed by atoms with Crippen LogP contribution in [0.4, 0.5) is 0 Å². The summed E-state index contributed by atoms with van der Waals surface area (Å²) >= 11 is 0. The number of hydrogen-bond donors (Lipinski definition) is 3. The summed E-state index contributed by atoms with van der Waals surface area (Å²) in [6, 6.07) is 14.5. The van der Waals surface area contributed by atoms with E-state index < -0.39 is 0 Å². The standard InChI is InChI=1S/C16H13N3O/c17-16(18)11-6-7-12-13(9-19-14(12)8-11)15(20)10-4-2-1-3-5-10/h1-9,19H,(H3,17,18). The van der Waals surface area contributed by atoms with Crippen LogP contribution < -0.4 is 5.73 Å². The number of ketones is 1. The summed E-state index contributed by atoms with van der Waals surface area (Å²) in [7, 11) is 0. The highest BCUT2D eigenvalue weighted by Crippen LogP contribution is 2.22.